The van der Waals surface area contributed by atoms with Crippen LogP contribution in [0.1, 0.15) is 29.2 Å². The van der Waals surface area contributed by atoms with Crippen molar-refractivity contribution in [1.82, 2.24) is 5.01 Å². The average molecular weight is 561 g/mol. The van der Waals surface area contributed by atoms with Crippen LogP contribution in [0.2, 0.25) is 0 Å². The summed E-state index contributed by atoms with van der Waals surface area (Å²) in [5.41, 5.74) is 3.44. The third-order valence-corrected chi connectivity index (χ3v) is 8.05. The van der Waals surface area contributed by atoms with Crippen molar-refractivity contribution < 1.29 is 22.1 Å². The maximum atomic E-state index is 12.9. The summed E-state index contributed by atoms with van der Waals surface area (Å²) in [6, 6.07) is 18.7. The van der Waals surface area contributed by atoms with E-state index < -0.39 is 16.0 Å². The zero-order valence-corrected chi connectivity index (χ0v) is 23.0. The first-order valence-corrected chi connectivity index (χ1v) is 14.2. The number of amides is 1. The number of amidine groups is 2. The van der Waals surface area contributed by atoms with Gasteiger partial charge in [0.1, 0.15) is 9.94 Å². The van der Waals surface area contributed by atoms with Gasteiger partial charge >= 0.3 is 10.1 Å². The van der Waals surface area contributed by atoms with E-state index in [1.54, 1.807) is 31.2 Å². The van der Waals surface area contributed by atoms with E-state index in [4.69, 9.17) is 14.3 Å². The highest BCUT2D eigenvalue weighted by Crippen LogP contribution is 2.34. The van der Waals surface area contributed by atoms with Crippen molar-refractivity contribution in [2.24, 2.45) is 10.1 Å². The van der Waals surface area contributed by atoms with Gasteiger partial charge in [-0.25, -0.2) is 0 Å². The Labute approximate surface area is 230 Å². The summed E-state index contributed by atoms with van der Waals surface area (Å²) in [6.45, 7) is 5.86. The van der Waals surface area contributed by atoms with Gasteiger partial charge in [0.2, 0.25) is 5.17 Å². The first-order valence-electron chi connectivity index (χ1n) is 12.0. The van der Waals surface area contributed by atoms with Gasteiger partial charge in [-0.15, -0.1) is 0 Å². The summed E-state index contributed by atoms with van der Waals surface area (Å²) in [5.74, 6) is -0.495. The molecule has 1 N–H and O–H groups in total. The normalized spacial score (nSPS) is 16.2. The van der Waals surface area contributed by atoms with Crippen LogP contribution < -0.4 is 8.92 Å². The summed E-state index contributed by atoms with van der Waals surface area (Å²) < 4.78 is 36.6. The first-order chi connectivity index (χ1) is 18.6. The predicted octanol–water partition coefficient (Wildman–Crippen LogP) is 5.14. The molecule has 2 heterocycles. The zero-order valence-electron chi connectivity index (χ0n) is 21.3. The number of hydrogen-bond donors (Lipinski definition) is 1. The molecule has 0 aliphatic carbocycles. The summed E-state index contributed by atoms with van der Waals surface area (Å²) >= 11 is 1.23. The number of carbonyl (C=O) groups excluding carboxylic acids is 1. The molecule has 0 radical (unpaired) electrons. The third kappa shape index (κ3) is 5.50. The Hall–Kier alpha value is -4.22. The van der Waals surface area contributed by atoms with Crippen molar-refractivity contribution in [3.8, 4) is 11.5 Å². The van der Waals surface area contributed by atoms with E-state index in [-0.39, 0.29) is 34.4 Å². The molecule has 0 unspecified atom stereocenters. The lowest BCUT2D eigenvalue weighted by Gasteiger charge is -2.20. The number of aryl methyl sites for hydroxylation is 2. The molecular formula is C28H24N4O5S2. The van der Waals surface area contributed by atoms with E-state index in [9.17, 15) is 13.2 Å². The van der Waals surface area contributed by atoms with Gasteiger partial charge in [0.05, 0.1) is 12.2 Å². The number of fused-ring (bicyclic) bond motifs is 1. The van der Waals surface area contributed by atoms with Gasteiger partial charge in [-0.2, -0.15) is 23.5 Å². The van der Waals surface area contributed by atoms with Gasteiger partial charge in [-0.05, 0) is 68.4 Å². The molecule has 0 fully saturated rings. The molecule has 1 amide bonds. The van der Waals surface area contributed by atoms with Gasteiger partial charge < -0.3 is 8.92 Å². The van der Waals surface area contributed by atoms with Gasteiger partial charge in [0.25, 0.3) is 5.91 Å². The van der Waals surface area contributed by atoms with Crippen LogP contribution in [-0.2, 0) is 14.9 Å². The van der Waals surface area contributed by atoms with Crippen molar-refractivity contribution in [2.45, 2.75) is 25.7 Å². The highest BCUT2D eigenvalue weighted by atomic mass is 32.2. The fourth-order valence-corrected chi connectivity index (χ4v) is 5.63. The van der Waals surface area contributed by atoms with Crippen LogP contribution in [0.4, 0.5) is 0 Å². The summed E-state index contributed by atoms with van der Waals surface area (Å²) in [6.07, 6.45) is 1.50. The maximum Gasteiger partial charge on any atom is 0.339 e. The average Bonchev–Trinajstić information content (AvgIpc) is 3.33. The monoisotopic (exact) mass is 560 g/mol. The number of hydrogen-bond acceptors (Lipinski definition) is 8. The van der Waals surface area contributed by atoms with Crippen molar-refractivity contribution in [3.05, 3.63) is 94.6 Å². The number of ether oxygens (including phenoxy) is 1. The van der Waals surface area contributed by atoms with E-state index in [0.717, 1.165) is 16.7 Å². The lowest BCUT2D eigenvalue weighted by atomic mass is 10.1. The van der Waals surface area contributed by atoms with Crippen LogP contribution >= 0.6 is 11.8 Å². The molecule has 0 spiro atoms. The number of aliphatic imine (C=N–C) groups is 1. The second kappa shape index (κ2) is 10.5. The lowest BCUT2D eigenvalue weighted by Crippen LogP contribution is -2.35. The molecule has 0 aromatic heterocycles. The third-order valence-electron chi connectivity index (χ3n) is 5.84. The summed E-state index contributed by atoms with van der Waals surface area (Å²) in [7, 11) is -4.09. The number of rotatable bonds is 7. The molecule has 3 aromatic rings. The molecule has 39 heavy (non-hydrogen) atoms. The molecule has 5 rings (SSSR count). The minimum Gasteiger partial charge on any atom is -0.490 e. The quantitative estimate of drug-likeness (QED) is 0.314. The summed E-state index contributed by atoms with van der Waals surface area (Å²) in [4.78, 5) is 17.0. The Bertz CT molecular complexity index is 1680. The van der Waals surface area contributed by atoms with Gasteiger partial charge in [-0.1, -0.05) is 53.6 Å². The number of nitrogens with one attached hydrogen (secondary N) is 1. The second-order valence-electron chi connectivity index (χ2n) is 8.78. The highest BCUT2D eigenvalue weighted by molar-refractivity contribution is 8.27. The highest BCUT2D eigenvalue weighted by Gasteiger charge is 2.36. The molecule has 2 aliphatic rings. The second-order valence-corrected chi connectivity index (χ2v) is 11.3. The first kappa shape index (κ1) is 26.4. The standard InChI is InChI=1S/C28H24N4O5S2/c1-4-36-24-16-19(9-14-23(24)37-39(34,35)21-12-7-18(3)8-13-21)15-22-25(29)32-28(30-26(22)33)38-27(31-32)20-10-5-17(2)6-11-20/h5-16,29H,4H2,1-3H3/b22-15+,29-25?. The Morgan fingerprint density at radius 1 is 0.974 bits per heavy atom. The number of benzene rings is 3. The van der Waals surface area contributed by atoms with E-state index >= 15 is 0 Å². The fraction of sp³-hybridized carbons (Fsp3) is 0.143. The van der Waals surface area contributed by atoms with Crippen molar-refractivity contribution in [2.75, 3.05) is 6.61 Å². The van der Waals surface area contributed by atoms with Crippen LogP contribution in [0.15, 0.2) is 87.3 Å². The number of nitrogens with zero attached hydrogens (tertiary/aromatic N) is 3. The lowest BCUT2D eigenvalue weighted by molar-refractivity contribution is -0.114. The molecule has 3 aromatic carbocycles. The molecule has 0 saturated carbocycles. The largest absolute Gasteiger partial charge is 0.490 e. The van der Waals surface area contributed by atoms with E-state index in [2.05, 4.69) is 10.1 Å². The minimum atomic E-state index is -4.09. The minimum absolute atomic E-state index is 0.00760. The SMILES string of the molecule is CCOc1cc(/C=C2\C(=N)N3N=C(c4ccc(C)cc4)SC3=NC2=O)ccc1OS(=O)(=O)c1ccc(C)cc1. The molecule has 2 aliphatic heterocycles. The molecule has 198 valence electrons. The predicted molar refractivity (Wildman–Crippen MR) is 152 cm³/mol. The summed E-state index contributed by atoms with van der Waals surface area (Å²) in [5, 5.41) is 15.4. The molecule has 11 heteroatoms. The van der Waals surface area contributed by atoms with Crippen LogP contribution in [0.25, 0.3) is 6.08 Å². The smallest absolute Gasteiger partial charge is 0.339 e. The number of carbonyl (C=O) groups is 1. The van der Waals surface area contributed by atoms with E-state index in [1.165, 1.54) is 41.0 Å². The molecule has 0 saturated heterocycles. The van der Waals surface area contributed by atoms with Gasteiger partial charge in [0, 0.05) is 5.56 Å². The maximum absolute atomic E-state index is 12.9. The van der Waals surface area contributed by atoms with Crippen LogP contribution in [0, 0.1) is 19.3 Å². The number of hydrazone groups is 1. The topological polar surface area (TPSA) is 121 Å². The van der Waals surface area contributed by atoms with Crippen LogP contribution in [-0.4, -0.2) is 42.0 Å². The van der Waals surface area contributed by atoms with Crippen molar-refractivity contribution in [3.63, 3.8) is 0 Å². The van der Waals surface area contributed by atoms with Crippen molar-refractivity contribution in [1.29, 1.82) is 5.41 Å². The fourth-order valence-electron chi connectivity index (χ4n) is 3.79. The Morgan fingerprint density at radius 2 is 1.64 bits per heavy atom. The molecule has 0 atom stereocenters. The van der Waals surface area contributed by atoms with Crippen LogP contribution in [0.3, 0.4) is 0 Å². The zero-order chi connectivity index (χ0) is 27.7. The molecule has 0 bridgehead atoms. The van der Waals surface area contributed by atoms with E-state index in [1.807, 2.05) is 38.1 Å². The Balaban J connectivity index is 1.43. The Kier molecular flexibility index (Phi) is 7.11. The van der Waals surface area contributed by atoms with Gasteiger partial charge in [0.15, 0.2) is 17.3 Å². The molecule has 9 nitrogen and oxygen atoms in total. The van der Waals surface area contributed by atoms with Crippen LogP contribution in [0.5, 0.6) is 11.5 Å². The number of thioether (sulfide) groups is 1. The Morgan fingerprint density at radius 3 is 2.31 bits per heavy atom. The van der Waals surface area contributed by atoms with Crippen molar-refractivity contribution >= 4 is 49.9 Å². The van der Waals surface area contributed by atoms with Gasteiger partial charge in [-0.3, -0.25) is 10.2 Å². The van der Waals surface area contributed by atoms with E-state index in [0.29, 0.717) is 15.8 Å². The molecular weight excluding hydrogens is 536 g/mol.